The first-order valence-corrected chi connectivity index (χ1v) is 13.1. The van der Waals surface area contributed by atoms with E-state index in [0.29, 0.717) is 5.92 Å². The highest BCUT2D eigenvalue weighted by molar-refractivity contribution is 5.94. The van der Waals surface area contributed by atoms with Gasteiger partial charge in [-0.05, 0) is 91.7 Å². The zero-order chi connectivity index (χ0) is 24.5. The number of halogens is 1. The molecule has 5 heteroatoms. The van der Waals surface area contributed by atoms with E-state index in [4.69, 9.17) is 0 Å². The number of carbonyl (C=O) groups excluding carboxylic acids is 1. The van der Waals surface area contributed by atoms with E-state index < -0.39 is 0 Å². The first-order chi connectivity index (χ1) is 17.7. The van der Waals surface area contributed by atoms with Crippen molar-refractivity contribution in [3.8, 4) is 0 Å². The molecule has 3 aromatic carbocycles. The van der Waals surface area contributed by atoms with E-state index >= 15 is 0 Å². The summed E-state index contributed by atoms with van der Waals surface area (Å²) in [5, 5.41) is 1.02. The van der Waals surface area contributed by atoms with Crippen LogP contribution in [0, 0.1) is 5.82 Å². The molecule has 0 saturated carbocycles. The van der Waals surface area contributed by atoms with Crippen LogP contribution in [0.1, 0.15) is 58.3 Å². The number of nitrogens with one attached hydrogen (secondary N) is 1. The first-order valence-electron chi connectivity index (χ1n) is 13.1. The molecule has 4 nitrogen and oxygen atoms in total. The number of hydrogen-bond donors (Lipinski definition) is 1. The summed E-state index contributed by atoms with van der Waals surface area (Å²) in [4.78, 5) is 21.4. The van der Waals surface area contributed by atoms with E-state index in [1.807, 2.05) is 36.4 Å². The van der Waals surface area contributed by atoms with Crippen LogP contribution in [0.3, 0.4) is 0 Å². The van der Waals surface area contributed by atoms with Crippen molar-refractivity contribution in [2.24, 2.45) is 0 Å². The van der Waals surface area contributed by atoms with Gasteiger partial charge in [-0.3, -0.25) is 4.79 Å². The smallest absolute Gasteiger partial charge is 0.254 e. The molecule has 0 radical (unpaired) electrons. The number of amides is 1. The number of nitrogens with zero attached hydrogens (tertiary/aromatic N) is 2. The molecule has 1 saturated heterocycles. The number of piperidine rings is 1. The van der Waals surface area contributed by atoms with Gasteiger partial charge in [0.15, 0.2) is 0 Å². The quantitative estimate of drug-likeness (QED) is 0.363. The fraction of sp³-hybridized carbons (Fsp3) is 0.323. The van der Waals surface area contributed by atoms with Gasteiger partial charge in [-0.2, -0.15) is 0 Å². The second-order valence-corrected chi connectivity index (χ2v) is 10.2. The number of rotatable bonds is 5. The molecule has 6 rings (SSSR count). The van der Waals surface area contributed by atoms with Gasteiger partial charge >= 0.3 is 0 Å². The average molecular weight is 482 g/mol. The number of carbonyl (C=O) groups is 1. The van der Waals surface area contributed by atoms with E-state index in [0.717, 1.165) is 68.3 Å². The van der Waals surface area contributed by atoms with Crippen molar-refractivity contribution in [3.63, 3.8) is 0 Å². The lowest BCUT2D eigenvalue weighted by Gasteiger charge is -2.39. The van der Waals surface area contributed by atoms with Crippen molar-refractivity contribution in [1.82, 2.24) is 14.8 Å². The number of H-pyrrole nitrogens is 1. The van der Waals surface area contributed by atoms with Gasteiger partial charge in [-0.25, -0.2) is 4.39 Å². The summed E-state index contributed by atoms with van der Waals surface area (Å²) in [5.41, 5.74) is 5.67. The maximum Gasteiger partial charge on any atom is 0.254 e. The highest BCUT2D eigenvalue weighted by Gasteiger charge is 2.32. The van der Waals surface area contributed by atoms with Crippen LogP contribution in [-0.2, 0) is 6.42 Å². The summed E-state index contributed by atoms with van der Waals surface area (Å²) in [6.45, 7) is 3.77. The molecule has 0 spiro atoms. The number of fused-ring (bicyclic) bond motifs is 2. The predicted molar refractivity (Wildman–Crippen MR) is 142 cm³/mol. The van der Waals surface area contributed by atoms with E-state index in [-0.39, 0.29) is 17.8 Å². The Balaban J connectivity index is 1.14. The molecule has 1 N–H and O–H groups in total. The zero-order valence-corrected chi connectivity index (χ0v) is 20.5. The molecule has 1 unspecified atom stereocenters. The topological polar surface area (TPSA) is 39.3 Å². The van der Waals surface area contributed by atoms with E-state index in [1.54, 1.807) is 6.07 Å². The minimum Gasteiger partial charge on any atom is -0.361 e. The molecule has 0 aliphatic carbocycles. The maximum absolute atomic E-state index is 13.9. The Bertz CT molecular complexity index is 1360. The van der Waals surface area contributed by atoms with Gasteiger partial charge in [-0.15, -0.1) is 0 Å². The molecular weight excluding hydrogens is 449 g/mol. The number of likely N-dealkylation sites (tertiary alicyclic amines) is 1. The summed E-state index contributed by atoms with van der Waals surface area (Å²) in [7, 11) is 0. The van der Waals surface area contributed by atoms with Crippen molar-refractivity contribution in [1.29, 1.82) is 0 Å². The highest BCUT2D eigenvalue weighted by Crippen LogP contribution is 2.36. The Labute approximate surface area is 211 Å². The van der Waals surface area contributed by atoms with Crippen molar-refractivity contribution >= 4 is 16.8 Å². The van der Waals surface area contributed by atoms with Gasteiger partial charge in [0.05, 0.1) is 6.04 Å². The number of aromatic amines is 1. The van der Waals surface area contributed by atoms with Crippen LogP contribution in [0.5, 0.6) is 0 Å². The fourth-order valence-corrected chi connectivity index (χ4v) is 6.18. The third kappa shape index (κ3) is 4.44. The molecule has 0 bridgehead atoms. The van der Waals surface area contributed by atoms with Crippen molar-refractivity contribution in [2.75, 3.05) is 26.2 Å². The lowest BCUT2D eigenvalue weighted by molar-refractivity contribution is 0.0630. The van der Waals surface area contributed by atoms with Crippen molar-refractivity contribution < 1.29 is 9.18 Å². The molecule has 3 heterocycles. The number of aromatic nitrogens is 1. The molecule has 1 atom stereocenters. The third-order valence-electron chi connectivity index (χ3n) is 8.12. The predicted octanol–water partition coefficient (Wildman–Crippen LogP) is 6.32. The van der Waals surface area contributed by atoms with E-state index in [2.05, 4.69) is 45.2 Å². The Hall–Kier alpha value is -3.44. The van der Waals surface area contributed by atoms with Crippen molar-refractivity contribution in [2.45, 2.75) is 37.6 Å². The van der Waals surface area contributed by atoms with Gasteiger partial charge in [0.2, 0.25) is 0 Å². The minimum absolute atomic E-state index is 0.0944. The van der Waals surface area contributed by atoms with Crippen LogP contribution in [0.2, 0.25) is 0 Å². The molecule has 2 aliphatic rings. The molecular formula is C31H32FN3O. The second kappa shape index (κ2) is 9.90. The molecule has 1 aromatic heterocycles. The third-order valence-corrected chi connectivity index (χ3v) is 8.12. The lowest BCUT2D eigenvalue weighted by atomic mass is 9.88. The molecule has 36 heavy (non-hydrogen) atoms. The summed E-state index contributed by atoms with van der Waals surface area (Å²) in [6, 6.07) is 23.4. The summed E-state index contributed by atoms with van der Waals surface area (Å²) in [5.74, 6) is 0.395. The van der Waals surface area contributed by atoms with Crippen LogP contribution >= 0.6 is 0 Å². The maximum atomic E-state index is 13.9. The largest absolute Gasteiger partial charge is 0.361 e. The van der Waals surface area contributed by atoms with Gasteiger partial charge in [0.1, 0.15) is 5.82 Å². The monoisotopic (exact) mass is 481 g/mol. The van der Waals surface area contributed by atoms with Crippen LogP contribution in [0.4, 0.5) is 4.39 Å². The van der Waals surface area contributed by atoms with E-state index in [9.17, 15) is 9.18 Å². The summed E-state index contributed by atoms with van der Waals surface area (Å²) in [6.07, 6.45) is 6.03. The SMILES string of the molecule is O=C(c1ccccc1)N1CCc2ccccc2C1CCN1CCC(c2c[nH]c3ccc(F)cc23)CC1. The Morgan fingerprint density at radius 1 is 0.917 bits per heavy atom. The zero-order valence-electron chi connectivity index (χ0n) is 20.5. The fourth-order valence-electron chi connectivity index (χ4n) is 6.18. The number of benzene rings is 3. The molecule has 184 valence electrons. The first kappa shape index (κ1) is 23.0. The second-order valence-electron chi connectivity index (χ2n) is 10.2. The Morgan fingerprint density at radius 2 is 1.69 bits per heavy atom. The van der Waals surface area contributed by atoms with E-state index in [1.165, 1.54) is 22.8 Å². The average Bonchev–Trinajstić information content (AvgIpc) is 3.35. The Kier molecular flexibility index (Phi) is 6.32. The van der Waals surface area contributed by atoms with Gasteiger partial charge in [0.25, 0.3) is 5.91 Å². The van der Waals surface area contributed by atoms with Crippen LogP contribution in [-0.4, -0.2) is 46.9 Å². The number of hydrogen-bond acceptors (Lipinski definition) is 2. The molecule has 2 aliphatic heterocycles. The van der Waals surface area contributed by atoms with Crippen LogP contribution in [0.15, 0.2) is 79.0 Å². The Morgan fingerprint density at radius 3 is 2.53 bits per heavy atom. The van der Waals surface area contributed by atoms with Gasteiger partial charge < -0.3 is 14.8 Å². The van der Waals surface area contributed by atoms with Gasteiger partial charge in [0, 0.05) is 35.8 Å². The molecule has 1 fully saturated rings. The molecule has 4 aromatic rings. The van der Waals surface area contributed by atoms with Crippen molar-refractivity contribution in [3.05, 3.63) is 107 Å². The highest BCUT2D eigenvalue weighted by atomic mass is 19.1. The lowest BCUT2D eigenvalue weighted by Crippen LogP contribution is -2.42. The minimum atomic E-state index is -0.178. The molecule has 1 amide bonds. The van der Waals surface area contributed by atoms with Crippen LogP contribution < -0.4 is 0 Å². The standard InChI is InChI=1S/C31H32FN3O/c32-25-10-11-29-27(20-25)28(21-33-29)23-12-16-34(17-13-23)18-15-30-26-9-5-4-6-22(26)14-19-35(30)31(36)24-7-2-1-3-8-24/h1-11,20-21,23,30,33H,12-19H2. The normalized spacial score (nSPS) is 18.9. The van der Waals surface area contributed by atoms with Gasteiger partial charge in [-0.1, -0.05) is 42.5 Å². The summed E-state index contributed by atoms with van der Waals surface area (Å²) < 4.78 is 13.9. The van der Waals surface area contributed by atoms with Crippen LogP contribution in [0.25, 0.3) is 10.9 Å². The summed E-state index contributed by atoms with van der Waals surface area (Å²) >= 11 is 0.